The van der Waals surface area contributed by atoms with Crippen molar-refractivity contribution in [2.45, 2.75) is 19.6 Å². The molecule has 0 saturated heterocycles. The molecule has 1 aliphatic heterocycles. The molecule has 0 radical (unpaired) electrons. The van der Waals surface area contributed by atoms with Gasteiger partial charge in [0, 0.05) is 24.6 Å². The van der Waals surface area contributed by atoms with Gasteiger partial charge in [0.15, 0.2) is 0 Å². The molecule has 1 N–H and O–H groups in total. The predicted molar refractivity (Wildman–Crippen MR) is 72.6 cm³/mol. The van der Waals surface area contributed by atoms with Gasteiger partial charge in [-0.15, -0.1) is 0 Å². The van der Waals surface area contributed by atoms with Gasteiger partial charge in [-0.3, -0.25) is 4.79 Å². The Morgan fingerprint density at radius 2 is 1.95 bits per heavy atom. The maximum absolute atomic E-state index is 12.1. The Kier molecular flexibility index (Phi) is 4.90. The molecule has 0 fully saturated rings. The third-order valence-electron chi connectivity index (χ3n) is 2.88. The van der Waals surface area contributed by atoms with E-state index in [4.69, 9.17) is 9.47 Å². The van der Waals surface area contributed by atoms with Crippen LogP contribution in [-0.2, 0) is 19.1 Å². The van der Waals surface area contributed by atoms with E-state index >= 15 is 0 Å². The molecule has 0 aliphatic carbocycles. The zero-order valence-electron chi connectivity index (χ0n) is 11.3. The molecular formula is C15H17NO4. The first kappa shape index (κ1) is 14.3. The minimum atomic E-state index is -1.00. The minimum Gasteiger partial charge on any atom is -0.421 e. The fourth-order valence-electron chi connectivity index (χ4n) is 1.90. The normalized spacial score (nSPS) is 15.9. The van der Waals surface area contributed by atoms with Gasteiger partial charge >= 0.3 is 11.9 Å². The highest BCUT2D eigenvalue weighted by molar-refractivity contribution is 5.88. The van der Waals surface area contributed by atoms with Crippen molar-refractivity contribution in [1.29, 1.82) is 0 Å². The third kappa shape index (κ3) is 3.93. The van der Waals surface area contributed by atoms with Crippen LogP contribution in [0.5, 0.6) is 0 Å². The number of ether oxygens (including phenoxy) is 2. The molecule has 1 aliphatic rings. The van der Waals surface area contributed by atoms with Crippen LogP contribution in [0.4, 0.5) is 0 Å². The molecule has 106 valence electrons. The number of hydrogen-bond acceptors (Lipinski definition) is 5. The molecule has 1 unspecified atom stereocenters. The van der Waals surface area contributed by atoms with E-state index < -0.39 is 18.2 Å². The van der Waals surface area contributed by atoms with E-state index in [0.717, 1.165) is 6.54 Å². The fraction of sp³-hybridized carbons (Fsp3) is 0.333. The number of rotatable bonds is 4. The molecule has 1 heterocycles. The second-order valence-electron chi connectivity index (χ2n) is 4.44. The number of esters is 2. The summed E-state index contributed by atoms with van der Waals surface area (Å²) in [5.41, 5.74) is 1.24. The Labute approximate surface area is 117 Å². The molecule has 0 bridgehead atoms. The van der Waals surface area contributed by atoms with Gasteiger partial charge in [-0.25, -0.2) is 4.79 Å². The monoisotopic (exact) mass is 275 g/mol. The SMILES string of the molecule is CC(=O)OC(OC(=O)C1=CCNCC1)c1ccccc1. The maximum Gasteiger partial charge on any atom is 0.337 e. The lowest BCUT2D eigenvalue weighted by Gasteiger charge is -2.20. The Bertz CT molecular complexity index is 510. The molecule has 20 heavy (non-hydrogen) atoms. The van der Waals surface area contributed by atoms with Crippen molar-refractivity contribution in [3.63, 3.8) is 0 Å². The number of hydrogen-bond donors (Lipinski definition) is 1. The molecule has 0 saturated carbocycles. The second-order valence-corrected chi connectivity index (χ2v) is 4.44. The fourth-order valence-corrected chi connectivity index (χ4v) is 1.90. The van der Waals surface area contributed by atoms with E-state index in [9.17, 15) is 9.59 Å². The molecule has 1 atom stereocenters. The molecule has 0 amide bonds. The van der Waals surface area contributed by atoms with E-state index in [1.54, 1.807) is 30.3 Å². The molecule has 2 rings (SSSR count). The van der Waals surface area contributed by atoms with Crippen molar-refractivity contribution in [2.24, 2.45) is 0 Å². The zero-order valence-corrected chi connectivity index (χ0v) is 11.3. The van der Waals surface area contributed by atoms with Gasteiger partial charge in [-0.1, -0.05) is 36.4 Å². The van der Waals surface area contributed by atoms with Crippen molar-refractivity contribution >= 4 is 11.9 Å². The van der Waals surface area contributed by atoms with Gasteiger partial charge in [-0.05, 0) is 13.0 Å². The zero-order chi connectivity index (χ0) is 14.4. The quantitative estimate of drug-likeness (QED) is 0.669. The summed E-state index contributed by atoms with van der Waals surface area (Å²) in [7, 11) is 0. The van der Waals surface area contributed by atoms with Crippen LogP contribution in [0.15, 0.2) is 42.0 Å². The molecule has 1 aromatic carbocycles. The topological polar surface area (TPSA) is 64.6 Å². The van der Waals surface area contributed by atoms with Crippen LogP contribution in [0.3, 0.4) is 0 Å². The van der Waals surface area contributed by atoms with E-state index in [1.165, 1.54) is 6.92 Å². The minimum absolute atomic E-state index is 0.443. The molecule has 5 heteroatoms. The molecular weight excluding hydrogens is 258 g/mol. The largest absolute Gasteiger partial charge is 0.421 e. The average Bonchev–Trinajstić information content (AvgIpc) is 2.48. The summed E-state index contributed by atoms with van der Waals surface area (Å²) in [6.45, 7) is 2.67. The van der Waals surface area contributed by atoms with Crippen molar-refractivity contribution in [2.75, 3.05) is 13.1 Å². The van der Waals surface area contributed by atoms with Crippen LogP contribution in [0.25, 0.3) is 0 Å². The summed E-state index contributed by atoms with van der Waals surface area (Å²) in [4.78, 5) is 23.2. The van der Waals surface area contributed by atoms with Gasteiger partial charge in [0.05, 0.1) is 0 Å². The summed E-state index contributed by atoms with van der Waals surface area (Å²) >= 11 is 0. The second kappa shape index (κ2) is 6.86. The number of nitrogens with one attached hydrogen (secondary N) is 1. The van der Waals surface area contributed by atoms with Crippen molar-refractivity contribution in [3.05, 3.63) is 47.5 Å². The van der Waals surface area contributed by atoms with Gasteiger partial charge in [0.25, 0.3) is 6.29 Å². The number of benzene rings is 1. The highest BCUT2D eigenvalue weighted by atomic mass is 16.7. The molecule has 1 aromatic rings. The first-order valence-electron chi connectivity index (χ1n) is 6.49. The summed E-state index contributed by atoms with van der Waals surface area (Å²) in [5, 5.41) is 3.12. The van der Waals surface area contributed by atoms with Gasteiger partial charge in [-0.2, -0.15) is 0 Å². The average molecular weight is 275 g/mol. The summed E-state index contributed by atoms with van der Waals surface area (Å²) in [6.07, 6.45) is 1.40. The van der Waals surface area contributed by atoms with E-state index in [0.29, 0.717) is 24.1 Å². The lowest BCUT2D eigenvalue weighted by molar-refractivity contribution is -0.185. The smallest absolute Gasteiger partial charge is 0.337 e. The molecule has 0 aromatic heterocycles. The lowest BCUT2D eigenvalue weighted by atomic mass is 10.1. The van der Waals surface area contributed by atoms with Crippen molar-refractivity contribution < 1.29 is 19.1 Å². The van der Waals surface area contributed by atoms with Crippen LogP contribution >= 0.6 is 0 Å². The molecule has 0 spiro atoms. The van der Waals surface area contributed by atoms with Gasteiger partial charge < -0.3 is 14.8 Å². The maximum atomic E-state index is 12.1. The standard InChI is InChI=1S/C15H17NO4/c1-11(17)19-15(13-5-3-2-4-6-13)20-14(18)12-7-9-16-10-8-12/h2-7,15-16H,8-10H2,1H3. The highest BCUT2D eigenvalue weighted by Crippen LogP contribution is 2.21. The summed E-state index contributed by atoms with van der Waals surface area (Å²) < 4.78 is 10.4. The Morgan fingerprint density at radius 1 is 1.20 bits per heavy atom. The Hall–Kier alpha value is -2.14. The van der Waals surface area contributed by atoms with E-state index in [-0.39, 0.29) is 0 Å². The van der Waals surface area contributed by atoms with Crippen molar-refractivity contribution in [1.82, 2.24) is 5.32 Å². The van der Waals surface area contributed by atoms with Crippen LogP contribution in [0.1, 0.15) is 25.2 Å². The van der Waals surface area contributed by atoms with Crippen LogP contribution in [0.2, 0.25) is 0 Å². The van der Waals surface area contributed by atoms with Gasteiger partial charge in [0.1, 0.15) is 0 Å². The predicted octanol–water partition coefficient (Wildman–Crippen LogP) is 1.71. The molecule has 5 nitrogen and oxygen atoms in total. The van der Waals surface area contributed by atoms with E-state index in [2.05, 4.69) is 5.32 Å². The van der Waals surface area contributed by atoms with Crippen molar-refractivity contribution in [3.8, 4) is 0 Å². The Morgan fingerprint density at radius 3 is 2.55 bits per heavy atom. The number of carbonyl (C=O) groups excluding carboxylic acids is 2. The Balaban J connectivity index is 2.09. The van der Waals surface area contributed by atoms with Crippen LogP contribution < -0.4 is 5.32 Å². The lowest BCUT2D eigenvalue weighted by Crippen LogP contribution is -2.25. The third-order valence-corrected chi connectivity index (χ3v) is 2.88. The summed E-state index contributed by atoms with van der Waals surface area (Å²) in [5.74, 6) is -0.937. The highest BCUT2D eigenvalue weighted by Gasteiger charge is 2.22. The van der Waals surface area contributed by atoms with Crippen LogP contribution in [0, 0.1) is 0 Å². The van der Waals surface area contributed by atoms with Gasteiger partial charge in [0.2, 0.25) is 0 Å². The van der Waals surface area contributed by atoms with E-state index in [1.807, 2.05) is 6.07 Å². The first-order valence-corrected chi connectivity index (χ1v) is 6.49. The van der Waals surface area contributed by atoms with Crippen LogP contribution in [-0.4, -0.2) is 25.0 Å². The first-order chi connectivity index (χ1) is 9.66. The summed E-state index contributed by atoms with van der Waals surface area (Å²) in [6, 6.07) is 8.92. The number of carbonyl (C=O) groups is 2.